The van der Waals surface area contributed by atoms with Crippen LogP contribution < -0.4 is 0 Å². The topological polar surface area (TPSA) is 105 Å². The third-order valence-electron chi connectivity index (χ3n) is 3.48. The molecule has 0 amide bonds. The zero-order valence-electron chi connectivity index (χ0n) is 10.7. The molecular formula is C13H15NO6. The molecule has 0 radical (unpaired) electrons. The predicted molar refractivity (Wildman–Crippen MR) is 66.7 cm³/mol. The molecule has 0 bridgehead atoms. The highest BCUT2D eigenvalue weighted by atomic mass is 16.7. The van der Waals surface area contributed by atoms with E-state index in [9.17, 15) is 15.3 Å². The van der Waals surface area contributed by atoms with Gasteiger partial charge in [0.25, 0.3) is 0 Å². The monoisotopic (exact) mass is 281 g/mol. The van der Waals surface area contributed by atoms with Crippen LogP contribution in [0.2, 0.25) is 0 Å². The quantitative estimate of drug-likeness (QED) is 0.724. The number of aliphatic hydroxyl groups is 3. The summed E-state index contributed by atoms with van der Waals surface area (Å²) in [5, 5.41) is 34.4. The maximum absolute atomic E-state index is 10.3. The van der Waals surface area contributed by atoms with E-state index in [1.165, 1.54) is 7.11 Å². The Balaban J connectivity index is 1.91. The van der Waals surface area contributed by atoms with Crippen molar-refractivity contribution >= 4 is 10.9 Å². The average molecular weight is 281 g/mol. The maximum Gasteiger partial charge on any atom is 0.186 e. The molecule has 5 atom stereocenters. The van der Waals surface area contributed by atoms with Gasteiger partial charge in [-0.1, -0.05) is 17.3 Å². The Hall–Kier alpha value is -1.51. The number of aromatic nitrogens is 1. The summed E-state index contributed by atoms with van der Waals surface area (Å²) in [5.41, 5.74) is 0.595. The van der Waals surface area contributed by atoms with Crippen LogP contribution in [0.25, 0.3) is 10.9 Å². The Kier molecular flexibility index (Phi) is 3.45. The van der Waals surface area contributed by atoms with E-state index in [4.69, 9.17) is 14.0 Å². The van der Waals surface area contributed by atoms with E-state index in [-0.39, 0.29) is 5.76 Å². The molecule has 7 nitrogen and oxygen atoms in total. The van der Waals surface area contributed by atoms with Gasteiger partial charge in [0.15, 0.2) is 12.1 Å². The highest BCUT2D eigenvalue weighted by Gasteiger charge is 2.47. The van der Waals surface area contributed by atoms with Crippen molar-refractivity contribution in [3.05, 3.63) is 30.0 Å². The molecule has 3 N–H and O–H groups in total. The van der Waals surface area contributed by atoms with Gasteiger partial charge in [-0.15, -0.1) is 0 Å². The van der Waals surface area contributed by atoms with Gasteiger partial charge < -0.3 is 29.3 Å². The van der Waals surface area contributed by atoms with Crippen LogP contribution in [0.3, 0.4) is 0 Å². The summed E-state index contributed by atoms with van der Waals surface area (Å²) >= 11 is 0. The summed E-state index contributed by atoms with van der Waals surface area (Å²) in [6.07, 6.45) is -5.80. The third-order valence-corrected chi connectivity index (χ3v) is 3.48. The first-order chi connectivity index (χ1) is 9.63. The Morgan fingerprint density at radius 3 is 2.70 bits per heavy atom. The van der Waals surface area contributed by atoms with Crippen LogP contribution in [0.4, 0.5) is 0 Å². The molecule has 1 fully saturated rings. The second kappa shape index (κ2) is 5.12. The fraction of sp³-hybridized carbons (Fsp3) is 0.462. The van der Waals surface area contributed by atoms with Crippen LogP contribution in [-0.2, 0) is 9.47 Å². The van der Waals surface area contributed by atoms with E-state index in [2.05, 4.69) is 5.16 Å². The number of nitrogens with zero attached hydrogens (tertiary/aromatic N) is 1. The Bertz CT molecular complexity index is 599. The zero-order chi connectivity index (χ0) is 14.3. The molecule has 1 aromatic carbocycles. The van der Waals surface area contributed by atoms with Crippen molar-refractivity contribution in [2.24, 2.45) is 0 Å². The molecule has 0 saturated carbocycles. The van der Waals surface area contributed by atoms with E-state index >= 15 is 0 Å². The molecule has 0 spiro atoms. The first-order valence-electron chi connectivity index (χ1n) is 6.20. The summed E-state index contributed by atoms with van der Waals surface area (Å²) in [7, 11) is 1.35. The van der Waals surface area contributed by atoms with Gasteiger partial charge in [-0.2, -0.15) is 0 Å². The molecule has 3 rings (SSSR count). The second-order valence-electron chi connectivity index (χ2n) is 4.69. The Morgan fingerprint density at radius 2 is 2.00 bits per heavy atom. The molecule has 1 unspecified atom stereocenters. The Morgan fingerprint density at radius 1 is 1.25 bits per heavy atom. The Labute approximate surface area is 114 Å². The van der Waals surface area contributed by atoms with Crippen LogP contribution in [0.5, 0.6) is 0 Å². The summed E-state index contributed by atoms with van der Waals surface area (Å²) < 4.78 is 15.3. The van der Waals surface area contributed by atoms with Crippen LogP contribution >= 0.6 is 0 Å². The number of benzene rings is 1. The number of fused-ring (bicyclic) bond motifs is 1. The predicted octanol–water partition coefficient (Wildman–Crippen LogP) is -0.0457. The smallest absolute Gasteiger partial charge is 0.186 e. The number of methoxy groups -OCH3 is 1. The molecule has 0 aliphatic carbocycles. The van der Waals surface area contributed by atoms with Crippen LogP contribution in [0.1, 0.15) is 11.9 Å². The largest absolute Gasteiger partial charge is 0.387 e. The zero-order valence-corrected chi connectivity index (χ0v) is 10.7. The molecule has 1 aliphatic rings. The van der Waals surface area contributed by atoms with Crippen molar-refractivity contribution in [2.75, 3.05) is 7.11 Å². The second-order valence-corrected chi connectivity index (χ2v) is 4.69. The van der Waals surface area contributed by atoms with Gasteiger partial charge in [0.1, 0.15) is 29.9 Å². The summed E-state index contributed by atoms with van der Waals surface area (Å²) in [4.78, 5) is 0. The number of rotatable bonds is 3. The first kappa shape index (κ1) is 13.5. The number of aliphatic hydroxyl groups excluding tert-OH is 3. The molecule has 2 aromatic rings. The van der Waals surface area contributed by atoms with Crippen molar-refractivity contribution in [1.29, 1.82) is 0 Å². The molecule has 20 heavy (non-hydrogen) atoms. The lowest BCUT2D eigenvalue weighted by Crippen LogP contribution is -2.35. The lowest BCUT2D eigenvalue weighted by molar-refractivity contribution is -0.166. The summed E-state index contributed by atoms with van der Waals surface area (Å²) in [6, 6.07) is 7.07. The molecular weight excluding hydrogens is 266 g/mol. The van der Waals surface area contributed by atoms with Gasteiger partial charge in [-0.3, -0.25) is 0 Å². The van der Waals surface area contributed by atoms with Gasteiger partial charge in [-0.05, 0) is 12.1 Å². The lowest BCUT2D eigenvalue weighted by atomic mass is 10.0. The standard InChI is InChI=1S/C13H15NO6/c1-18-13-9(16)8(15)12(19-13)10(17)11-6-4-2-3-5-7(6)14-20-11/h2-5,8-10,12-13,15-17H,1H3/t8-,9+,10?,12-,13-/m0/s1. The van der Waals surface area contributed by atoms with Crippen molar-refractivity contribution in [3.63, 3.8) is 0 Å². The number of hydrogen-bond acceptors (Lipinski definition) is 7. The molecule has 1 saturated heterocycles. The molecule has 1 aliphatic heterocycles. The highest BCUT2D eigenvalue weighted by molar-refractivity contribution is 5.80. The van der Waals surface area contributed by atoms with E-state index < -0.39 is 30.7 Å². The SMILES string of the molecule is CO[C@H]1O[C@H](C(O)c2onc3ccccc23)[C@@H](O)[C@H]1O. The van der Waals surface area contributed by atoms with Crippen LogP contribution in [-0.4, -0.2) is 52.2 Å². The minimum atomic E-state index is -1.28. The highest BCUT2D eigenvalue weighted by Crippen LogP contribution is 2.34. The summed E-state index contributed by atoms with van der Waals surface area (Å²) in [5.74, 6) is 0.189. The van der Waals surface area contributed by atoms with Gasteiger partial charge >= 0.3 is 0 Å². The maximum atomic E-state index is 10.3. The third kappa shape index (κ3) is 2.00. The molecule has 1 aromatic heterocycles. The molecule has 7 heteroatoms. The van der Waals surface area contributed by atoms with Gasteiger partial charge in [-0.25, -0.2) is 0 Å². The fourth-order valence-electron chi connectivity index (χ4n) is 2.40. The van der Waals surface area contributed by atoms with Crippen LogP contribution in [0, 0.1) is 0 Å². The van der Waals surface area contributed by atoms with E-state index in [0.717, 1.165) is 0 Å². The average Bonchev–Trinajstić information content (AvgIpc) is 3.01. The fourth-order valence-corrected chi connectivity index (χ4v) is 2.40. The minimum Gasteiger partial charge on any atom is -0.387 e. The van der Waals surface area contributed by atoms with Gasteiger partial charge in [0.05, 0.1) is 0 Å². The lowest BCUT2D eigenvalue weighted by Gasteiger charge is -2.18. The van der Waals surface area contributed by atoms with Gasteiger partial charge in [0, 0.05) is 12.5 Å². The van der Waals surface area contributed by atoms with E-state index in [1.54, 1.807) is 24.3 Å². The number of ether oxygens (including phenoxy) is 2. The van der Waals surface area contributed by atoms with Crippen molar-refractivity contribution < 1.29 is 29.3 Å². The normalized spacial score (nSPS) is 31.8. The van der Waals surface area contributed by atoms with Crippen molar-refractivity contribution in [1.82, 2.24) is 5.16 Å². The molecule has 2 heterocycles. The number of hydrogen-bond donors (Lipinski definition) is 3. The summed E-state index contributed by atoms with van der Waals surface area (Å²) in [6.45, 7) is 0. The minimum absolute atomic E-state index is 0.189. The van der Waals surface area contributed by atoms with E-state index in [0.29, 0.717) is 10.9 Å². The van der Waals surface area contributed by atoms with Crippen LogP contribution in [0.15, 0.2) is 28.8 Å². The first-order valence-corrected chi connectivity index (χ1v) is 6.20. The van der Waals surface area contributed by atoms with Crippen molar-refractivity contribution in [2.45, 2.75) is 30.7 Å². The molecule has 108 valence electrons. The van der Waals surface area contributed by atoms with Crippen molar-refractivity contribution in [3.8, 4) is 0 Å². The van der Waals surface area contributed by atoms with E-state index in [1.807, 2.05) is 0 Å². The van der Waals surface area contributed by atoms with Gasteiger partial charge in [0.2, 0.25) is 0 Å².